The van der Waals surface area contributed by atoms with Crippen molar-refractivity contribution in [3.8, 4) is 5.69 Å². The highest BCUT2D eigenvalue weighted by Gasteiger charge is 2.11. The first kappa shape index (κ1) is 16.6. The third kappa shape index (κ3) is 4.61. The average molecular weight is 328 g/mol. The van der Waals surface area contributed by atoms with Crippen molar-refractivity contribution in [1.29, 1.82) is 0 Å². The fraction of sp³-hybridized carbons (Fsp3) is 0.529. The molecule has 3 rings (SSSR count). The summed E-state index contributed by atoms with van der Waals surface area (Å²) >= 11 is 0. The summed E-state index contributed by atoms with van der Waals surface area (Å²) in [6.45, 7) is 1.46. The smallest absolute Gasteiger partial charge is 0.251 e. The van der Waals surface area contributed by atoms with Gasteiger partial charge in [-0.15, -0.1) is 5.10 Å². The van der Waals surface area contributed by atoms with E-state index in [0.29, 0.717) is 18.2 Å². The molecule has 1 saturated carbocycles. The van der Waals surface area contributed by atoms with E-state index in [0.717, 1.165) is 12.2 Å². The maximum Gasteiger partial charge on any atom is 0.251 e. The van der Waals surface area contributed by atoms with Crippen LogP contribution in [0.25, 0.3) is 5.69 Å². The third-order valence-corrected chi connectivity index (χ3v) is 4.44. The molecule has 24 heavy (non-hydrogen) atoms. The Balaban J connectivity index is 1.41. The molecule has 1 aromatic carbocycles. The number of carbonyl (C=O) groups excluding carboxylic acids is 1. The van der Waals surface area contributed by atoms with Crippen molar-refractivity contribution in [1.82, 2.24) is 30.8 Å². The lowest BCUT2D eigenvalue weighted by Gasteiger charge is -2.16. The average Bonchev–Trinajstić information content (AvgIpc) is 3.03. The van der Waals surface area contributed by atoms with Crippen LogP contribution in [-0.2, 0) is 0 Å². The van der Waals surface area contributed by atoms with Crippen LogP contribution in [0.3, 0.4) is 0 Å². The number of nitrogens with zero attached hydrogens (tertiary/aromatic N) is 4. The minimum Gasteiger partial charge on any atom is -0.351 e. The molecule has 1 aliphatic carbocycles. The van der Waals surface area contributed by atoms with E-state index >= 15 is 0 Å². The minimum atomic E-state index is -0.0547. The Kier molecular flexibility index (Phi) is 5.90. The maximum absolute atomic E-state index is 12.2. The van der Waals surface area contributed by atoms with Crippen molar-refractivity contribution < 1.29 is 4.79 Å². The van der Waals surface area contributed by atoms with E-state index in [2.05, 4.69) is 26.2 Å². The second-order valence-corrected chi connectivity index (χ2v) is 6.20. The second-order valence-electron chi connectivity index (χ2n) is 6.20. The van der Waals surface area contributed by atoms with Crippen LogP contribution in [0.15, 0.2) is 30.6 Å². The van der Waals surface area contributed by atoms with Gasteiger partial charge in [0.15, 0.2) is 0 Å². The zero-order valence-electron chi connectivity index (χ0n) is 13.8. The highest BCUT2D eigenvalue weighted by molar-refractivity contribution is 5.94. The Labute approximate surface area is 141 Å². The van der Waals surface area contributed by atoms with Gasteiger partial charge in [0.25, 0.3) is 5.91 Å². The molecule has 7 nitrogen and oxygen atoms in total. The number of hydrogen-bond acceptors (Lipinski definition) is 5. The highest BCUT2D eigenvalue weighted by atomic mass is 16.1. The van der Waals surface area contributed by atoms with Gasteiger partial charge < -0.3 is 10.6 Å². The van der Waals surface area contributed by atoms with Crippen LogP contribution >= 0.6 is 0 Å². The monoisotopic (exact) mass is 328 g/mol. The summed E-state index contributed by atoms with van der Waals surface area (Å²) < 4.78 is 1.55. The molecule has 0 bridgehead atoms. The van der Waals surface area contributed by atoms with Crippen molar-refractivity contribution in [2.45, 2.75) is 44.6 Å². The predicted molar refractivity (Wildman–Crippen MR) is 91.0 cm³/mol. The molecule has 128 valence electrons. The molecule has 0 saturated heterocycles. The van der Waals surface area contributed by atoms with Gasteiger partial charge in [0.2, 0.25) is 0 Å². The zero-order valence-corrected chi connectivity index (χ0v) is 13.8. The SMILES string of the molecule is O=C(NCCNC1CCCCCC1)c1ccc(-n2cnnn2)cc1. The summed E-state index contributed by atoms with van der Waals surface area (Å²) in [6, 6.07) is 7.83. The van der Waals surface area contributed by atoms with Crippen LogP contribution in [0.4, 0.5) is 0 Å². The van der Waals surface area contributed by atoms with Crippen molar-refractivity contribution in [3.05, 3.63) is 36.2 Å². The van der Waals surface area contributed by atoms with E-state index in [1.807, 2.05) is 12.1 Å². The Hall–Kier alpha value is -2.28. The fourth-order valence-corrected chi connectivity index (χ4v) is 3.08. The number of nitrogens with one attached hydrogen (secondary N) is 2. The van der Waals surface area contributed by atoms with E-state index < -0.39 is 0 Å². The van der Waals surface area contributed by atoms with Crippen LogP contribution in [0.1, 0.15) is 48.9 Å². The quantitative estimate of drug-likeness (QED) is 0.623. The van der Waals surface area contributed by atoms with Crippen LogP contribution in [0.5, 0.6) is 0 Å². The van der Waals surface area contributed by atoms with Gasteiger partial charge in [-0.1, -0.05) is 25.7 Å². The van der Waals surface area contributed by atoms with Crippen LogP contribution in [0.2, 0.25) is 0 Å². The van der Waals surface area contributed by atoms with Gasteiger partial charge in [-0.3, -0.25) is 4.79 Å². The number of carbonyl (C=O) groups is 1. The van der Waals surface area contributed by atoms with Crippen LogP contribution in [0, 0.1) is 0 Å². The van der Waals surface area contributed by atoms with Gasteiger partial charge in [0, 0.05) is 24.7 Å². The third-order valence-electron chi connectivity index (χ3n) is 4.44. The van der Waals surface area contributed by atoms with Gasteiger partial charge in [-0.2, -0.15) is 0 Å². The Bertz CT molecular complexity index is 617. The summed E-state index contributed by atoms with van der Waals surface area (Å²) in [5.41, 5.74) is 1.47. The summed E-state index contributed by atoms with van der Waals surface area (Å²) in [7, 11) is 0. The van der Waals surface area contributed by atoms with Gasteiger partial charge in [0.1, 0.15) is 6.33 Å². The number of amides is 1. The number of aromatic nitrogens is 4. The van der Waals surface area contributed by atoms with Gasteiger partial charge in [0.05, 0.1) is 5.69 Å². The van der Waals surface area contributed by atoms with E-state index in [9.17, 15) is 4.79 Å². The normalized spacial score (nSPS) is 15.8. The van der Waals surface area contributed by atoms with E-state index in [4.69, 9.17) is 0 Å². The van der Waals surface area contributed by atoms with Crippen LogP contribution in [-0.4, -0.2) is 45.2 Å². The molecule has 2 N–H and O–H groups in total. The standard InChI is InChI=1S/C17H24N6O/c24-17(19-12-11-18-15-5-3-1-2-4-6-15)14-7-9-16(10-8-14)23-13-20-21-22-23/h7-10,13,15,18H,1-6,11-12H2,(H,19,24). The first-order chi connectivity index (χ1) is 11.8. The molecule has 1 aliphatic rings. The van der Waals surface area contributed by atoms with Gasteiger partial charge in [-0.05, 0) is 47.5 Å². The van der Waals surface area contributed by atoms with Crippen molar-refractivity contribution >= 4 is 5.91 Å². The molecule has 0 spiro atoms. The molecule has 0 radical (unpaired) electrons. The van der Waals surface area contributed by atoms with Crippen LogP contribution < -0.4 is 10.6 Å². The summed E-state index contributed by atoms with van der Waals surface area (Å²) in [6.07, 6.45) is 9.38. The van der Waals surface area contributed by atoms with Crippen molar-refractivity contribution in [2.75, 3.05) is 13.1 Å². The first-order valence-electron chi connectivity index (χ1n) is 8.68. The van der Waals surface area contributed by atoms with E-state index in [1.165, 1.54) is 44.9 Å². The van der Waals surface area contributed by atoms with Crippen molar-refractivity contribution in [2.24, 2.45) is 0 Å². The number of tetrazole rings is 1. The number of hydrogen-bond donors (Lipinski definition) is 2. The maximum atomic E-state index is 12.2. The Morgan fingerprint density at radius 2 is 1.83 bits per heavy atom. The summed E-state index contributed by atoms with van der Waals surface area (Å²) in [5.74, 6) is -0.0547. The lowest BCUT2D eigenvalue weighted by Crippen LogP contribution is -2.36. The topological polar surface area (TPSA) is 84.7 Å². The molecule has 1 heterocycles. The largest absolute Gasteiger partial charge is 0.351 e. The molecular weight excluding hydrogens is 304 g/mol. The van der Waals surface area contributed by atoms with Gasteiger partial charge in [-0.25, -0.2) is 4.68 Å². The van der Waals surface area contributed by atoms with E-state index in [1.54, 1.807) is 16.8 Å². The molecule has 2 aromatic rings. The molecular formula is C17H24N6O. The first-order valence-corrected chi connectivity index (χ1v) is 8.68. The molecule has 0 atom stereocenters. The van der Waals surface area contributed by atoms with Gasteiger partial charge >= 0.3 is 0 Å². The predicted octanol–water partition coefficient (Wildman–Crippen LogP) is 1.70. The number of rotatable bonds is 6. The second kappa shape index (κ2) is 8.54. The molecule has 1 aromatic heterocycles. The molecule has 7 heteroatoms. The lowest BCUT2D eigenvalue weighted by molar-refractivity contribution is 0.0953. The Morgan fingerprint density at radius 3 is 2.50 bits per heavy atom. The fourth-order valence-electron chi connectivity index (χ4n) is 3.08. The van der Waals surface area contributed by atoms with Crippen molar-refractivity contribution in [3.63, 3.8) is 0 Å². The summed E-state index contributed by atoms with van der Waals surface area (Å²) in [4.78, 5) is 12.2. The Morgan fingerprint density at radius 1 is 1.08 bits per heavy atom. The highest BCUT2D eigenvalue weighted by Crippen LogP contribution is 2.16. The molecule has 1 amide bonds. The minimum absolute atomic E-state index is 0.0547. The molecule has 0 unspecified atom stereocenters. The summed E-state index contributed by atoms with van der Waals surface area (Å²) in [5, 5.41) is 17.5. The lowest BCUT2D eigenvalue weighted by atomic mass is 10.1. The van der Waals surface area contributed by atoms with E-state index in [-0.39, 0.29) is 5.91 Å². The molecule has 1 fully saturated rings. The zero-order chi connectivity index (χ0) is 16.6. The molecule has 0 aliphatic heterocycles. The number of benzene rings is 1.